The van der Waals surface area contributed by atoms with E-state index in [1.807, 2.05) is 77.2 Å². The molecule has 3 saturated heterocycles. The van der Waals surface area contributed by atoms with Crippen LogP contribution in [0.3, 0.4) is 0 Å². The first-order valence-corrected chi connectivity index (χ1v) is 21.0. The molecule has 1 amide bonds. The second kappa shape index (κ2) is 18.7. The van der Waals surface area contributed by atoms with E-state index < -0.39 is 65.7 Å². The van der Waals surface area contributed by atoms with Gasteiger partial charge in [-0.2, -0.15) is 0 Å². The number of nitrogens with zero attached hydrogens (tertiary/aromatic N) is 5. The number of anilines is 1. The number of unbranched alkanes of at least 4 members (excludes halogenated alkanes) is 1. The first kappa shape index (κ1) is 45.5. The van der Waals surface area contributed by atoms with Gasteiger partial charge in [0.15, 0.2) is 17.7 Å². The lowest BCUT2D eigenvalue weighted by Gasteiger charge is -2.47. The largest absolute Gasteiger partial charge is 0.458 e. The Bertz CT molecular complexity index is 1720. The van der Waals surface area contributed by atoms with Crippen molar-refractivity contribution in [3.8, 4) is 11.3 Å². The molecule has 2 aromatic rings. The smallest absolute Gasteiger partial charge is 0.410 e. The number of fused-ring (bicyclic) bond motifs is 1. The van der Waals surface area contributed by atoms with Crippen molar-refractivity contribution in [3.05, 3.63) is 30.5 Å². The Kier molecular flexibility index (Phi) is 14.7. The predicted octanol–water partition coefficient (Wildman–Crippen LogP) is 5.33. The highest BCUT2D eigenvalue weighted by Gasteiger charge is 2.59. The molecule has 0 bridgehead atoms. The van der Waals surface area contributed by atoms with E-state index in [4.69, 9.17) is 29.4 Å². The fourth-order valence-corrected chi connectivity index (χ4v) is 9.83. The predicted molar refractivity (Wildman–Crippen MR) is 218 cm³/mol. The number of amides is 1. The van der Waals surface area contributed by atoms with Crippen LogP contribution in [0.15, 0.2) is 30.5 Å². The molecule has 3 aliphatic heterocycles. The van der Waals surface area contributed by atoms with Crippen LogP contribution in [-0.2, 0) is 39.8 Å². The van der Waals surface area contributed by atoms with E-state index in [0.29, 0.717) is 50.9 Å². The fraction of sp³-hybridized carbons (Fsp3) is 0.744. The van der Waals surface area contributed by atoms with Crippen LogP contribution in [0.25, 0.3) is 11.3 Å². The summed E-state index contributed by atoms with van der Waals surface area (Å²) in [5, 5.41) is 20.1. The molecule has 13 atom stereocenters. The number of benzene rings is 1. The van der Waals surface area contributed by atoms with E-state index in [2.05, 4.69) is 24.2 Å². The van der Waals surface area contributed by atoms with Crippen LogP contribution in [-0.4, -0.2) is 129 Å². The summed E-state index contributed by atoms with van der Waals surface area (Å²) in [5.74, 6) is -3.16. The van der Waals surface area contributed by atoms with Crippen LogP contribution >= 0.6 is 0 Å². The second-order valence-electron chi connectivity index (χ2n) is 17.8. The van der Waals surface area contributed by atoms with Crippen LogP contribution in [0.5, 0.6) is 0 Å². The van der Waals surface area contributed by atoms with Crippen molar-refractivity contribution >= 4 is 23.5 Å². The molecule has 324 valence electrons. The number of esters is 1. The lowest BCUT2D eigenvalue weighted by Crippen LogP contribution is -2.59. The third-order valence-electron chi connectivity index (χ3n) is 12.9. The number of aromatic nitrogens is 3. The first-order valence-electron chi connectivity index (χ1n) is 21.0. The highest BCUT2D eigenvalue weighted by atomic mass is 16.7. The van der Waals surface area contributed by atoms with Gasteiger partial charge >= 0.3 is 12.1 Å². The molecule has 3 fully saturated rings. The minimum Gasteiger partial charge on any atom is -0.458 e. The van der Waals surface area contributed by atoms with E-state index in [1.54, 1.807) is 30.5 Å². The van der Waals surface area contributed by atoms with Crippen molar-refractivity contribution in [2.24, 2.45) is 23.7 Å². The molecule has 5 rings (SSSR count). The summed E-state index contributed by atoms with van der Waals surface area (Å²) in [5.41, 5.74) is 6.02. The number of aryl methyl sites for hydroxylation is 1. The highest BCUT2D eigenvalue weighted by Crippen LogP contribution is 2.44. The maximum absolute atomic E-state index is 14.3. The Morgan fingerprint density at radius 1 is 1.05 bits per heavy atom. The van der Waals surface area contributed by atoms with Crippen molar-refractivity contribution in [2.45, 2.75) is 154 Å². The van der Waals surface area contributed by atoms with Gasteiger partial charge < -0.3 is 44.3 Å². The molecule has 3 aliphatic rings. The minimum atomic E-state index is -1.18. The molecular formula is C43H68N6O9. The summed E-state index contributed by atoms with van der Waals surface area (Å²) < 4.78 is 33.4. The minimum absolute atomic E-state index is 0.0188. The number of rotatable bonds is 11. The zero-order valence-electron chi connectivity index (χ0n) is 36.4. The van der Waals surface area contributed by atoms with Gasteiger partial charge in [0.25, 0.3) is 0 Å². The monoisotopic (exact) mass is 813 g/mol. The molecule has 0 saturated carbocycles. The second-order valence-corrected chi connectivity index (χ2v) is 17.8. The van der Waals surface area contributed by atoms with E-state index >= 15 is 0 Å². The molecule has 3 N–H and O–H groups in total. The molecule has 3 unspecified atom stereocenters. The van der Waals surface area contributed by atoms with Gasteiger partial charge in [-0.1, -0.05) is 45.0 Å². The number of likely N-dealkylation sites (N-methyl/N-ethyl adjacent to an activating group) is 1. The molecule has 1 aromatic carbocycles. The maximum Gasteiger partial charge on any atom is 0.410 e. The molecule has 15 heteroatoms. The molecular weight excluding hydrogens is 745 g/mol. The number of cyclic esters (lactones) is 1. The number of carbonyl (C=O) groups excluding carboxylic acids is 3. The molecule has 0 radical (unpaired) electrons. The summed E-state index contributed by atoms with van der Waals surface area (Å²) in [6.45, 7) is 16.2. The number of hydrogen-bond donors (Lipinski definition) is 2. The number of nitrogen functional groups attached to an aromatic ring is 1. The molecule has 4 heterocycles. The van der Waals surface area contributed by atoms with Gasteiger partial charge in [-0.05, 0) is 104 Å². The summed E-state index contributed by atoms with van der Waals surface area (Å²) >= 11 is 0. The van der Waals surface area contributed by atoms with E-state index in [-0.39, 0.29) is 29.8 Å². The Labute approximate surface area is 344 Å². The number of methoxy groups -OCH3 is 1. The molecule has 1 aromatic heterocycles. The van der Waals surface area contributed by atoms with E-state index in [9.17, 15) is 19.5 Å². The van der Waals surface area contributed by atoms with E-state index in [0.717, 1.165) is 17.7 Å². The number of hydrogen-bond acceptors (Lipinski definition) is 13. The van der Waals surface area contributed by atoms with Gasteiger partial charge in [0.2, 0.25) is 0 Å². The van der Waals surface area contributed by atoms with Crippen LogP contribution in [0.1, 0.15) is 93.9 Å². The Morgan fingerprint density at radius 2 is 1.76 bits per heavy atom. The van der Waals surface area contributed by atoms with Gasteiger partial charge in [-0.25, -0.2) is 4.79 Å². The van der Waals surface area contributed by atoms with Gasteiger partial charge in [0, 0.05) is 43.4 Å². The summed E-state index contributed by atoms with van der Waals surface area (Å²) in [6.07, 6.45) is 1.03. The van der Waals surface area contributed by atoms with Crippen LogP contribution in [0.4, 0.5) is 10.5 Å². The fourth-order valence-electron chi connectivity index (χ4n) is 9.83. The third-order valence-corrected chi connectivity index (χ3v) is 12.9. The van der Waals surface area contributed by atoms with E-state index in [1.165, 1.54) is 0 Å². The number of ether oxygens (including phenoxy) is 5. The standard InChI is InChI=1S/C43H68N6O9/c1-12-34-43(8)37(49(41(53)58-43)19-14-13-18-48-24-32(45-46-48)30-16-15-17-31(44)22-30)26(3)20-25(2)23-42(7,54-11)38(28(5)35(50)29(6)39(52)56-34)57-40-36(51)33(47(9)10)21-27(4)55-40/h15-17,22,24-29,33-34,36-38,40,51H,12-14,18-21,23,44H2,1-11H3/t25-,26-,27?,28-,29+,33?,34+,36?,37+,38+,40-,42+,43+/m0/s1. The Balaban J connectivity index is 1.40. The molecule has 58 heavy (non-hydrogen) atoms. The number of aliphatic hydroxyl groups excluding tert-OH is 1. The number of aliphatic hydroxyl groups is 1. The quantitative estimate of drug-likeness (QED) is 0.129. The summed E-state index contributed by atoms with van der Waals surface area (Å²) in [7, 11) is 5.41. The average Bonchev–Trinajstić information content (AvgIpc) is 3.75. The lowest BCUT2D eigenvalue weighted by atomic mass is 9.74. The molecule has 15 nitrogen and oxygen atoms in total. The lowest BCUT2D eigenvalue weighted by molar-refractivity contribution is -0.295. The van der Waals surface area contributed by atoms with Gasteiger partial charge in [0.05, 0.1) is 30.0 Å². The van der Waals surface area contributed by atoms with Crippen LogP contribution in [0, 0.1) is 23.7 Å². The normalized spacial score (nSPS) is 36.7. The number of Topliss-reactive ketones (excluding diaryl/α,β-unsaturated/α-hetero) is 1. The number of ketones is 1. The number of nitrogens with two attached hydrogens (primary N) is 1. The van der Waals surface area contributed by atoms with Crippen molar-refractivity contribution < 1.29 is 43.2 Å². The maximum atomic E-state index is 14.3. The average molecular weight is 813 g/mol. The third kappa shape index (κ3) is 9.70. The zero-order valence-corrected chi connectivity index (χ0v) is 36.4. The Hall–Kier alpha value is -3.63. The van der Waals surface area contributed by atoms with Crippen molar-refractivity contribution in [1.82, 2.24) is 24.8 Å². The van der Waals surface area contributed by atoms with Crippen LogP contribution in [0.2, 0.25) is 0 Å². The van der Waals surface area contributed by atoms with Gasteiger partial charge in [0.1, 0.15) is 23.8 Å². The van der Waals surface area contributed by atoms with Crippen LogP contribution < -0.4 is 5.73 Å². The van der Waals surface area contributed by atoms with Crippen molar-refractivity contribution in [1.29, 1.82) is 0 Å². The highest BCUT2D eigenvalue weighted by molar-refractivity contribution is 6.00. The van der Waals surface area contributed by atoms with Gasteiger partial charge in [-0.15, -0.1) is 5.10 Å². The van der Waals surface area contributed by atoms with Crippen molar-refractivity contribution in [2.75, 3.05) is 33.5 Å². The SMILES string of the molecule is CC[C@H]1OC(=O)[C@H](C)C(=O)[C@H](C)[C@@H](O[C@@H]2OC(C)CC(N(C)C)C2O)[C@](C)(OC)C[C@@H](C)C[C@H](C)[C@H]2N(CCCCn3cc(-c4cccc(N)c4)nn3)C(=O)O[C@]12C. The summed E-state index contributed by atoms with van der Waals surface area (Å²) in [6, 6.07) is 6.84. The van der Waals surface area contributed by atoms with Crippen molar-refractivity contribution in [3.63, 3.8) is 0 Å². The first-order chi connectivity index (χ1) is 27.3. The Morgan fingerprint density at radius 3 is 2.41 bits per heavy atom. The molecule has 0 aliphatic carbocycles. The molecule has 0 spiro atoms. The summed E-state index contributed by atoms with van der Waals surface area (Å²) in [4.78, 5) is 45.9. The number of carbonyl (C=O) groups is 3. The zero-order chi connectivity index (χ0) is 42.7. The topological polar surface area (TPSA) is 181 Å². The van der Waals surface area contributed by atoms with Gasteiger partial charge in [-0.3, -0.25) is 14.3 Å².